The number of imidazole rings is 2. The molecule has 4 rings (SSSR count). The van der Waals surface area contributed by atoms with E-state index in [9.17, 15) is 9.59 Å². The Labute approximate surface area is 146 Å². The number of para-hydroxylation sites is 2. The van der Waals surface area contributed by atoms with Gasteiger partial charge in [-0.05, 0) is 23.7 Å². The second-order valence-electron chi connectivity index (χ2n) is 5.92. The highest BCUT2D eigenvalue weighted by Gasteiger charge is 2.19. The van der Waals surface area contributed by atoms with Crippen molar-refractivity contribution in [1.29, 1.82) is 0 Å². The molecule has 0 amide bonds. The lowest BCUT2D eigenvalue weighted by Gasteiger charge is -2.07. The van der Waals surface area contributed by atoms with Gasteiger partial charge in [-0.25, -0.2) is 9.78 Å². The molecular formula is C16H15ClN6O2. The maximum Gasteiger partial charge on any atom is 0.332 e. The van der Waals surface area contributed by atoms with Gasteiger partial charge in [-0.1, -0.05) is 12.1 Å². The molecule has 0 unspecified atom stereocenters. The smallest absolute Gasteiger partial charge is 0.330 e. The Kier molecular flexibility index (Phi) is 3.33. The molecule has 0 N–H and O–H groups in total. The van der Waals surface area contributed by atoms with Crippen molar-refractivity contribution in [3.8, 4) is 0 Å². The fourth-order valence-corrected chi connectivity index (χ4v) is 3.27. The molecule has 0 atom stereocenters. The molecule has 0 bridgehead atoms. The number of fused-ring (bicyclic) bond motifs is 2. The van der Waals surface area contributed by atoms with Crippen molar-refractivity contribution in [3.63, 3.8) is 0 Å². The Morgan fingerprint density at radius 1 is 1.00 bits per heavy atom. The molecule has 3 heterocycles. The van der Waals surface area contributed by atoms with Gasteiger partial charge in [0.1, 0.15) is 5.82 Å². The largest absolute Gasteiger partial charge is 0.332 e. The summed E-state index contributed by atoms with van der Waals surface area (Å²) in [4.78, 5) is 33.5. The molecule has 0 aliphatic rings. The van der Waals surface area contributed by atoms with E-state index in [4.69, 9.17) is 11.6 Å². The highest BCUT2D eigenvalue weighted by Crippen LogP contribution is 2.20. The summed E-state index contributed by atoms with van der Waals surface area (Å²) in [6, 6.07) is 7.76. The summed E-state index contributed by atoms with van der Waals surface area (Å²) in [7, 11) is 4.91. The van der Waals surface area contributed by atoms with Crippen LogP contribution in [-0.2, 0) is 27.7 Å². The van der Waals surface area contributed by atoms with Crippen molar-refractivity contribution in [1.82, 2.24) is 28.2 Å². The topological polar surface area (TPSA) is 79.6 Å². The number of halogens is 1. The van der Waals surface area contributed by atoms with Crippen molar-refractivity contribution in [2.75, 3.05) is 0 Å². The van der Waals surface area contributed by atoms with Crippen LogP contribution < -0.4 is 11.2 Å². The first-order chi connectivity index (χ1) is 11.9. The van der Waals surface area contributed by atoms with Crippen LogP contribution in [0.4, 0.5) is 0 Å². The molecule has 0 saturated heterocycles. The SMILES string of the molecule is Cn1c(=O)c2c(nc(Cl)n2Cc2nc3ccccc3n2C)n(C)c1=O. The standard InChI is InChI=1S/C16H15ClN6O2/c1-20-10-7-5-4-6-9(10)18-11(20)8-23-12-13(19-15(23)17)21(2)16(25)22(3)14(12)24/h4-7H,8H2,1-3H3. The second kappa shape index (κ2) is 5.32. The van der Waals surface area contributed by atoms with E-state index in [1.54, 1.807) is 11.6 Å². The van der Waals surface area contributed by atoms with Crippen LogP contribution in [0.1, 0.15) is 5.82 Å². The van der Waals surface area contributed by atoms with E-state index in [0.29, 0.717) is 0 Å². The van der Waals surface area contributed by atoms with Gasteiger partial charge in [0.05, 0.1) is 17.6 Å². The summed E-state index contributed by atoms with van der Waals surface area (Å²) in [5.74, 6) is 0.735. The Balaban J connectivity index is 1.98. The third-order valence-electron chi connectivity index (χ3n) is 4.48. The zero-order valence-electron chi connectivity index (χ0n) is 13.9. The first kappa shape index (κ1) is 15.6. The molecule has 9 heteroatoms. The zero-order chi connectivity index (χ0) is 17.9. The fraction of sp³-hybridized carbons (Fsp3) is 0.250. The summed E-state index contributed by atoms with van der Waals surface area (Å²) in [5, 5.41) is 0.139. The molecule has 1 aromatic carbocycles. The van der Waals surface area contributed by atoms with Crippen LogP contribution in [0.5, 0.6) is 0 Å². The van der Waals surface area contributed by atoms with Gasteiger partial charge in [0.25, 0.3) is 5.56 Å². The molecule has 0 spiro atoms. The first-order valence-corrected chi connectivity index (χ1v) is 8.00. The van der Waals surface area contributed by atoms with Crippen molar-refractivity contribution >= 4 is 33.8 Å². The van der Waals surface area contributed by atoms with Gasteiger partial charge in [0, 0.05) is 21.1 Å². The number of benzene rings is 1. The molecule has 25 heavy (non-hydrogen) atoms. The van der Waals surface area contributed by atoms with Crippen molar-refractivity contribution in [2.45, 2.75) is 6.54 Å². The lowest BCUT2D eigenvalue weighted by Crippen LogP contribution is -2.37. The number of nitrogens with zero attached hydrogens (tertiary/aromatic N) is 6. The quantitative estimate of drug-likeness (QED) is 0.501. The van der Waals surface area contributed by atoms with Gasteiger partial charge in [-0.15, -0.1) is 0 Å². The minimum Gasteiger partial charge on any atom is -0.330 e. The Morgan fingerprint density at radius 3 is 2.44 bits per heavy atom. The molecule has 0 fully saturated rings. The molecule has 4 aromatic rings. The van der Waals surface area contributed by atoms with E-state index in [2.05, 4.69) is 9.97 Å². The number of hydrogen-bond acceptors (Lipinski definition) is 4. The van der Waals surface area contributed by atoms with Gasteiger partial charge < -0.3 is 9.13 Å². The molecule has 0 aliphatic carbocycles. The van der Waals surface area contributed by atoms with E-state index in [1.807, 2.05) is 35.9 Å². The Bertz CT molecular complexity index is 1260. The molecule has 0 saturated carbocycles. The van der Waals surface area contributed by atoms with Crippen LogP contribution in [0.2, 0.25) is 5.28 Å². The average molecular weight is 359 g/mol. The van der Waals surface area contributed by atoms with Crippen molar-refractivity contribution < 1.29 is 0 Å². The predicted octanol–water partition coefficient (Wildman–Crippen LogP) is 1.02. The number of rotatable bonds is 2. The van der Waals surface area contributed by atoms with Gasteiger partial charge in [0.15, 0.2) is 11.2 Å². The monoisotopic (exact) mass is 358 g/mol. The molecule has 0 aliphatic heterocycles. The Hall–Kier alpha value is -2.87. The normalized spacial score (nSPS) is 11.7. The van der Waals surface area contributed by atoms with Gasteiger partial charge >= 0.3 is 5.69 Å². The van der Waals surface area contributed by atoms with E-state index in [-0.39, 0.29) is 23.0 Å². The van der Waals surface area contributed by atoms with Crippen LogP contribution in [0, 0.1) is 0 Å². The Morgan fingerprint density at radius 2 is 1.72 bits per heavy atom. The lowest BCUT2D eigenvalue weighted by atomic mass is 10.3. The van der Waals surface area contributed by atoms with Crippen LogP contribution in [-0.4, -0.2) is 28.2 Å². The van der Waals surface area contributed by atoms with Crippen molar-refractivity contribution in [3.05, 3.63) is 56.2 Å². The minimum atomic E-state index is -0.443. The third kappa shape index (κ3) is 2.14. The van der Waals surface area contributed by atoms with Crippen LogP contribution >= 0.6 is 11.6 Å². The molecular weight excluding hydrogens is 344 g/mol. The van der Waals surface area contributed by atoms with Gasteiger partial charge in [0.2, 0.25) is 5.28 Å². The maximum absolute atomic E-state index is 12.6. The number of aromatic nitrogens is 6. The highest BCUT2D eigenvalue weighted by molar-refractivity contribution is 6.29. The minimum absolute atomic E-state index is 0.139. The van der Waals surface area contributed by atoms with E-state index in [1.165, 1.54) is 11.6 Å². The summed E-state index contributed by atoms with van der Waals surface area (Å²) in [5.41, 5.74) is 1.51. The summed E-state index contributed by atoms with van der Waals surface area (Å²) >= 11 is 6.27. The van der Waals surface area contributed by atoms with E-state index < -0.39 is 11.2 Å². The van der Waals surface area contributed by atoms with E-state index >= 15 is 0 Å². The lowest BCUT2D eigenvalue weighted by molar-refractivity contribution is 0.691. The highest BCUT2D eigenvalue weighted by atomic mass is 35.5. The molecule has 128 valence electrons. The van der Waals surface area contributed by atoms with Crippen molar-refractivity contribution in [2.24, 2.45) is 21.1 Å². The summed E-state index contributed by atoms with van der Waals surface area (Å²) in [6.45, 7) is 0.272. The summed E-state index contributed by atoms with van der Waals surface area (Å²) < 4.78 is 5.89. The maximum atomic E-state index is 12.6. The number of aryl methyl sites for hydroxylation is 2. The first-order valence-electron chi connectivity index (χ1n) is 7.62. The van der Waals surface area contributed by atoms with Gasteiger partial charge in [-0.2, -0.15) is 4.98 Å². The predicted molar refractivity (Wildman–Crippen MR) is 95.0 cm³/mol. The second-order valence-corrected chi connectivity index (χ2v) is 6.26. The molecule has 8 nitrogen and oxygen atoms in total. The van der Waals surface area contributed by atoms with Crippen LogP contribution in [0.3, 0.4) is 0 Å². The summed E-state index contributed by atoms with van der Waals surface area (Å²) in [6.07, 6.45) is 0. The van der Waals surface area contributed by atoms with Crippen LogP contribution in [0.25, 0.3) is 22.2 Å². The third-order valence-corrected chi connectivity index (χ3v) is 4.77. The van der Waals surface area contributed by atoms with Gasteiger partial charge in [-0.3, -0.25) is 13.9 Å². The molecule has 3 aromatic heterocycles. The average Bonchev–Trinajstić information content (AvgIpc) is 3.10. The molecule has 0 radical (unpaired) electrons. The fourth-order valence-electron chi connectivity index (χ4n) is 3.04. The van der Waals surface area contributed by atoms with E-state index in [0.717, 1.165) is 21.4 Å². The zero-order valence-corrected chi connectivity index (χ0v) is 14.7. The number of hydrogen-bond donors (Lipinski definition) is 0. The van der Waals surface area contributed by atoms with Crippen LogP contribution in [0.15, 0.2) is 33.9 Å².